The lowest BCUT2D eigenvalue weighted by atomic mass is 10.2. The van der Waals surface area contributed by atoms with Crippen LogP contribution in [0.15, 0.2) is 72.0 Å². The van der Waals surface area contributed by atoms with Crippen LogP contribution in [0.5, 0.6) is 17.4 Å². The van der Waals surface area contributed by atoms with Crippen LogP contribution < -0.4 is 20.1 Å². The summed E-state index contributed by atoms with van der Waals surface area (Å²) in [6.45, 7) is 3.78. The van der Waals surface area contributed by atoms with E-state index in [4.69, 9.17) is 9.47 Å². The third kappa shape index (κ3) is 7.51. The lowest BCUT2D eigenvalue weighted by Gasteiger charge is -2.12. The van der Waals surface area contributed by atoms with Gasteiger partial charge in [-0.25, -0.2) is 4.98 Å². The average Bonchev–Trinajstić information content (AvgIpc) is 2.76. The van der Waals surface area contributed by atoms with E-state index in [1.165, 1.54) is 0 Å². The molecule has 30 heavy (non-hydrogen) atoms. The van der Waals surface area contributed by atoms with Crippen molar-refractivity contribution in [3.8, 4) is 17.4 Å². The second-order valence-electron chi connectivity index (χ2n) is 6.11. The summed E-state index contributed by atoms with van der Waals surface area (Å²) in [5.41, 5.74) is 1.98. The number of ether oxygens (including phenoxy) is 2. The van der Waals surface area contributed by atoms with Gasteiger partial charge in [-0.1, -0.05) is 6.07 Å². The molecule has 0 saturated heterocycles. The smallest absolute Gasteiger partial charge is 0.219 e. The summed E-state index contributed by atoms with van der Waals surface area (Å²) >= 11 is 0. The molecule has 0 bridgehead atoms. The van der Waals surface area contributed by atoms with Crippen molar-refractivity contribution < 1.29 is 9.47 Å². The number of nitrogens with one attached hydrogen (secondary N) is 2. The summed E-state index contributed by atoms with van der Waals surface area (Å²) < 4.78 is 11.3. The average molecular weight is 519 g/mol. The van der Waals surface area contributed by atoms with Crippen molar-refractivity contribution >= 4 is 29.9 Å². The maximum atomic E-state index is 5.84. The molecule has 2 N–H and O–H groups in total. The maximum absolute atomic E-state index is 5.84. The molecule has 0 fully saturated rings. The van der Waals surface area contributed by atoms with Crippen LogP contribution in [0.25, 0.3) is 0 Å². The molecule has 0 radical (unpaired) electrons. The minimum Gasteiger partial charge on any atom is -0.494 e. The summed E-state index contributed by atoms with van der Waals surface area (Å²) in [6, 6.07) is 17.1. The van der Waals surface area contributed by atoms with Crippen molar-refractivity contribution in [2.24, 2.45) is 4.99 Å². The Morgan fingerprint density at radius 2 is 1.70 bits per heavy atom. The molecule has 0 aliphatic heterocycles. The lowest BCUT2D eigenvalue weighted by Crippen LogP contribution is -2.36. The van der Waals surface area contributed by atoms with Crippen molar-refractivity contribution in [3.63, 3.8) is 0 Å². The number of nitrogens with zero attached hydrogens (tertiary/aromatic N) is 3. The molecular formula is C22H26IN5O2. The van der Waals surface area contributed by atoms with Gasteiger partial charge in [-0.2, -0.15) is 0 Å². The second-order valence-corrected chi connectivity index (χ2v) is 6.11. The molecule has 2 aromatic heterocycles. The molecule has 1 aromatic carbocycles. The molecule has 3 aromatic rings. The highest BCUT2D eigenvalue weighted by Crippen LogP contribution is 2.23. The molecule has 0 spiro atoms. The Morgan fingerprint density at radius 3 is 2.40 bits per heavy atom. The SMILES string of the molecule is CCOc1ccc(Oc2cc(CNC(=NC)NCc3ccccn3)ccn2)cc1.I. The highest BCUT2D eigenvalue weighted by Gasteiger charge is 2.04. The Morgan fingerprint density at radius 1 is 0.933 bits per heavy atom. The van der Waals surface area contributed by atoms with Crippen LogP contribution in [0.1, 0.15) is 18.2 Å². The summed E-state index contributed by atoms with van der Waals surface area (Å²) in [6.07, 6.45) is 3.50. The Balaban J connectivity index is 0.00000320. The zero-order valence-corrected chi connectivity index (χ0v) is 19.4. The molecule has 0 saturated carbocycles. The number of aromatic nitrogens is 2. The molecule has 158 valence electrons. The summed E-state index contributed by atoms with van der Waals surface area (Å²) in [7, 11) is 1.74. The highest BCUT2D eigenvalue weighted by atomic mass is 127. The largest absolute Gasteiger partial charge is 0.494 e. The number of guanidine groups is 1. The topological polar surface area (TPSA) is 80.7 Å². The Kier molecular flexibility index (Phi) is 9.85. The van der Waals surface area contributed by atoms with Crippen LogP contribution in [-0.4, -0.2) is 29.6 Å². The molecule has 8 heteroatoms. The minimum absolute atomic E-state index is 0. The molecule has 2 heterocycles. The van der Waals surface area contributed by atoms with Crippen molar-refractivity contribution in [3.05, 3.63) is 78.2 Å². The van der Waals surface area contributed by atoms with E-state index in [1.807, 2.05) is 61.5 Å². The number of benzene rings is 1. The van der Waals surface area contributed by atoms with Gasteiger partial charge in [0.25, 0.3) is 0 Å². The first kappa shape index (κ1) is 23.4. The molecule has 0 aliphatic rings. The third-order valence-corrected chi connectivity index (χ3v) is 4.00. The first-order valence-electron chi connectivity index (χ1n) is 9.47. The quantitative estimate of drug-likeness (QED) is 0.265. The molecule has 0 unspecified atom stereocenters. The number of hydrogen-bond acceptors (Lipinski definition) is 5. The second kappa shape index (κ2) is 12.6. The van der Waals surface area contributed by atoms with Gasteiger partial charge in [0.05, 0.1) is 18.8 Å². The fourth-order valence-corrected chi connectivity index (χ4v) is 2.59. The molecule has 0 amide bonds. The van der Waals surface area contributed by atoms with Gasteiger partial charge >= 0.3 is 0 Å². The fraction of sp³-hybridized carbons (Fsp3) is 0.227. The summed E-state index contributed by atoms with van der Waals surface area (Å²) in [5.74, 6) is 2.75. The number of aliphatic imine (C=N–C) groups is 1. The van der Waals surface area contributed by atoms with Crippen molar-refractivity contribution in [1.29, 1.82) is 0 Å². The number of hydrogen-bond donors (Lipinski definition) is 2. The fourth-order valence-electron chi connectivity index (χ4n) is 2.59. The molecule has 3 rings (SSSR count). The summed E-state index contributed by atoms with van der Waals surface area (Å²) in [5, 5.41) is 6.52. The van der Waals surface area contributed by atoms with Crippen LogP contribution in [0, 0.1) is 0 Å². The van der Waals surface area contributed by atoms with Gasteiger partial charge < -0.3 is 20.1 Å². The van der Waals surface area contributed by atoms with Crippen molar-refractivity contribution in [2.45, 2.75) is 20.0 Å². The predicted octanol–water partition coefficient (Wildman–Crippen LogP) is 4.15. The van der Waals surface area contributed by atoms with Crippen LogP contribution >= 0.6 is 24.0 Å². The number of halogens is 1. The Hall–Kier alpha value is -2.88. The third-order valence-electron chi connectivity index (χ3n) is 4.00. The standard InChI is InChI=1S/C22H25N5O2.HI/c1-3-28-19-7-9-20(10-8-19)29-21-14-17(11-13-25-21)15-26-22(23-2)27-16-18-6-4-5-12-24-18;/h4-14H,3,15-16H2,1-2H3,(H2,23,26,27);1H. The molecule has 0 aliphatic carbocycles. The number of pyridine rings is 2. The van der Waals surface area contributed by atoms with Gasteiger partial charge in [0, 0.05) is 32.1 Å². The van der Waals surface area contributed by atoms with Gasteiger partial charge in [-0.3, -0.25) is 9.98 Å². The van der Waals surface area contributed by atoms with E-state index >= 15 is 0 Å². The monoisotopic (exact) mass is 519 g/mol. The highest BCUT2D eigenvalue weighted by molar-refractivity contribution is 14.0. The van der Waals surface area contributed by atoms with Crippen LogP contribution in [0.4, 0.5) is 0 Å². The van der Waals surface area contributed by atoms with Crippen LogP contribution in [0.3, 0.4) is 0 Å². The van der Waals surface area contributed by atoms with E-state index < -0.39 is 0 Å². The van der Waals surface area contributed by atoms with Crippen molar-refractivity contribution in [2.75, 3.05) is 13.7 Å². The van der Waals surface area contributed by atoms with Gasteiger partial charge in [-0.05, 0) is 55.0 Å². The minimum atomic E-state index is 0. The van der Waals surface area contributed by atoms with Gasteiger partial charge in [-0.15, -0.1) is 24.0 Å². The first-order valence-corrected chi connectivity index (χ1v) is 9.47. The normalized spacial score (nSPS) is 10.7. The van der Waals surface area contributed by atoms with E-state index in [-0.39, 0.29) is 24.0 Å². The first-order chi connectivity index (χ1) is 14.3. The zero-order valence-electron chi connectivity index (χ0n) is 17.0. The number of rotatable bonds is 8. The molecular weight excluding hydrogens is 493 g/mol. The van der Waals surface area contributed by atoms with E-state index in [1.54, 1.807) is 19.4 Å². The lowest BCUT2D eigenvalue weighted by molar-refractivity contribution is 0.339. The summed E-state index contributed by atoms with van der Waals surface area (Å²) in [4.78, 5) is 12.8. The van der Waals surface area contributed by atoms with E-state index in [9.17, 15) is 0 Å². The molecule has 0 atom stereocenters. The maximum Gasteiger partial charge on any atom is 0.219 e. The van der Waals surface area contributed by atoms with Crippen LogP contribution in [0.2, 0.25) is 0 Å². The van der Waals surface area contributed by atoms with Gasteiger partial charge in [0.1, 0.15) is 11.5 Å². The van der Waals surface area contributed by atoms with Crippen molar-refractivity contribution in [1.82, 2.24) is 20.6 Å². The van der Waals surface area contributed by atoms with E-state index in [2.05, 4.69) is 25.6 Å². The van der Waals surface area contributed by atoms with Gasteiger partial charge in [0.2, 0.25) is 5.88 Å². The predicted molar refractivity (Wildman–Crippen MR) is 129 cm³/mol. The Labute approximate surface area is 194 Å². The van der Waals surface area contributed by atoms with Gasteiger partial charge in [0.15, 0.2) is 5.96 Å². The van der Waals surface area contributed by atoms with E-state index in [0.717, 1.165) is 17.0 Å². The zero-order chi connectivity index (χ0) is 20.3. The van der Waals surface area contributed by atoms with E-state index in [0.29, 0.717) is 37.3 Å². The Bertz CT molecular complexity index is 920. The van der Waals surface area contributed by atoms with Crippen LogP contribution in [-0.2, 0) is 13.1 Å². The molecule has 7 nitrogen and oxygen atoms in total.